The molecule has 0 amide bonds. The Kier molecular flexibility index (Phi) is 4.60. The average Bonchev–Trinajstić information content (AvgIpc) is 2.82. The highest BCUT2D eigenvalue weighted by Crippen LogP contribution is 2.15. The summed E-state index contributed by atoms with van der Waals surface area (Å²) in [6, 6.07) is 0. The highest BCUT2D eigenvalue weighted by atomic mass is 15.3. The van der Waals surface area contributed by atoms with Gasteiger partial charge < -0.3 is 15.2 Å². The second-order valence-corrected chi connectivity index (χ2v) is 6.05. The Morgan fingerprint density at radius 2 is 1.95 bits per heavy atom. The molecule has 1 fully saturated rings. The Labute approximate surface area is 116 Å². The van der Waals surface area contributed by atoms with Crippen LogP contribution in [0, 0.1) is 0 Å². The van der Waals surface area contributed by atoms with Crippen LogP contribution in [0.5, 0.6) is 0 Å². The topological polar surface area (TPSA) is 50.3 Å². The van der Waals surface area contributed by atoms with Crippen molar-refractivity contribution >= 4 is 0 Å². The first-order valence-electron chi connectivity index (χ1n) is 7.16. The molecule has 0 bridgehead atoms. The number of rotatable bonds is 5. The number of aromatic nitrogens is 2. The summed E-state index contributed by atoms with van der Waals surface area (Å²) in [5.41, 5.74) is 5.98. The Morgan fingerprint density at radius 3 is 2.47 bits per heavy atom. The van der Waals surface area contributed by atoms with Gasteiger partial charge in [-0.3, -0.25) is 4.90 Å². The molecule has 108 valence electrons. The lowest BCUT2D eigenvalue weighted by Gasteiger charge is -2.43. The quantitative estimate of drug-likeness (QED) is 0.833. The predicted octanol–water partition coefficient (Wildman–Crippen LogP) is 0.318. The second-order valence-electron chi connectivity index (χ2n) is 6.05. The van der Waals surface area contributed by atoms with E-state index in [9.17, 15) is 0 Å². The SMILES string of the molecule is Cn1ccnc1CCN1CCN(C(C)(C)CN)CC1. The monoisotopic (exact) mass is 265 g/mol. The fraction of sp³-hybridized carbons (Fsp3) is 0.786. The molecular formula is C14H27N5. The molecule has 0 radical (unpaired) electrons. The number of hydrogen-bond donors (Lipinski definition) is 1. The van der Waals surface area contributed by atoms with Crippen molar-refractivity contribution in [3.8, 4) is 0 Å². The Balaban J connectivity index is 1.76. The number of piperazine rings is 1. The molecule has 1 aromatic heterocycles. The summed E-state index contributed by atoms with van der Waals surface area (Å²) in [5.74, 6) is 1.17. The Bertz CT molecular complexity index is 390. The molecule has 19 heavy (non-hydrogen) atoms. The normalized spacial score (nSPS) is 18.9. The summed E-state index contributed by atoms with van der Waals surface area (Å²) in [6.45, 7) is 10.8. The molecule has 0 saturated carbocycles. The van der Waals surface area contributed by atoms with Crippen molar-refractivity contribution in [1.29, 1.82) is 0 Å². The molecule has 1 saturated heterocycles. The molecule has 2 rings (SSSR count). The van der Waals surface area contributed by atoms with E-state index in [2.05, 4.69) is 40.2 Å². The maximum absolute atomic E-state index is 5.84. The third-order valence-corrected chi connectivity index (χ3v) is 4.30. The Morgan fingerprint density at radius 1 is 1.26 bits per heavy atom. The largest absolute Gasteiger partial charge is 0.338 e. The van der Waals surface area contributed by atoms with E-state index < -0.39 is 0 Å². The van der Waals surface area contributed by atoms with E-state index >= 15 is 0 Å². The smallest absolute Gasteiger partial charge is 0.109 e. The fourth-order valence-corrected chi connectivity index (χ4v) is 2.60. The van der Waals surface area contributed by atoms with Crippen LogP contribution in [0.4, 0.5) is 0 Å². The number of hydrogen-bond acceptors (Lipinski definition) is 4. The molecule has 5 heteroatoms. The van der Waals surface area contributed by atoms with Gasteiger partial charge in [0.1, 0.15) is 5.82 Å². The fourth-order valence-electron chi connectivity index (χ4n) is 2.60. The van der Waals surface area contributed by atoms with Gasteiger partial charge in [0.25, 0.3) is 0 Å². The summed E-state index contributed by atoms with van der Waals surface area (Å²) >= 11 is 0. The standard InChI is InChI=1S/C14H27N5/c1-14(2,12-15)19-10-8-18(9-11-19)6-4-13-16-5-7-17(13)3/h5,7H,4,6,8-12,15H2,1-3H3. The van der Waals surface area contributed by atoms with Gasteiger partial charge in [-0.05, 0) is 13.8 Å². The third-order valence-electron chi connectivity index (χ3n) is 4.30. The van der Waals surface area contributed by atoms with Crippen LogP contribution >= 0.6 is 0 Å². The molecule has 0 aromatic carbocycles. The molecule has 0 unspecified atom stereocenters. The van der Waals surface area contributed by atoms with E-state index in [1.54, 1.807) is 0 Å². The van der Waals surface area contributed by atoms with Gasteiger partial charge in [-0.25, -0.2) is 4.98 Å². The minimum absolute atomic E-state index is 0.131. The molecule has 0 aliphatic carbocycles. The summed E-state index contributed by atoms with van der Waals surface area (Å²) in [5, 5.41) is 0. The van der Waals surface area contributed by atoms with Crippen molar-refractivity contribution in [2.75, 3.05) is 39.3 Å². The van der Waals surface area contributed by atoms with Crippen LogP contribution in [0.2, 0.25) is 0 Å². The first kappa shape index (κ1) is 14.5. The molecule has 2 N–H and O–H groups in total. The lowest BCUT2D eigenvalue weighted by molar-refractivity contribution is 0.0571. The Hall–Kier alpha value is -0.910. The van der Waals surface area contributed by atoms with Crippen LogP contribution in [0.1, 0.15) is 19.7 Å². The lowest BCUT2D eigenvalue weighted by Crippen LogP contribution is -2.57. The zero-order valence-corrected chi connectivity index (χ0v) is 12.5. The molecule has 1 aliphatic rings. The van der Waals surface area contributed by atoms with Gasteiger partial charge >= 0.3 is 0 Å². The van der Waals surface area contributed by atoms with E-state index in [-0.39, 0.29) is 5.54 Å². The van der Waals surface area contributed by atoms with Crippen molar-refractivity contribution in [3.05, 3.63) is 18.2 Å². The van der Waals surface area contributed by atoms with Crippen LogP contribution in [-0.2, 0) is 13.5 Å². The van der Waals surface area contributed by atoms with E-state index in [1.165, 1.54) is 5.82 Å². The summed E-state index contributed by atoms with van der Waals surface area (Å²) in [4.78, 5) is 9.41. The first-order chi connectivity index (χ1) is 9.03. The number of nitrogens with zero attached hydrogens (tertiary/aromatic N) is 4. The van der Waals surface area contributed by atoms with Crippen LogP contribution in [-0.4, -0.2) is 64.2 Å². The van der Waals surface area contributed by atoms with Gasteiger partial charge in [0.05, 0.1) is 0 Å². The minimum atomic E-state index is 0.131. The van der Waals surface area contributed by atoms with Crippen molar-refractivity contribution < 1.29 is 0 Å². The van der Waals surface area contributed by atoms with Crippen LogP contribution in [0.15, 0.2) is 12.4 Å². The van der Waals surface area contributed by atoms with E-state index in [4.69, 9.17) is 5.73 Å². The van der Waals surface area contributed by atoms with Gasteiger partial charge in [-0.1, -0.05) is 0 Å². The molecule has 1 aliphatic heterocycles. The van der Waals surface area contributed by atoms with Gasteiger partial charge in [0.15, 0.2) is 0 Å². The molecule has 0 atom stereocenters. The second kappa shape index (κ2) is 6.03. The first-order valence-corrected chi connectivity index (χ1v) is 7.16. The van der Waals surface area contributed by atoms with Gasteiger partial charge in [0, 0.05) is 70.7 Å². The van der Waals surface area contributed by atoms with Gasteiger partial charge in [0.2, 0.25) is 0 Å². The van der Waals surface area contributed by atoms with E-state index in [0.717, 1.165) is 45.7 Å². The number of nitrogens with two attached hydrogens (primary N) is 1. The van der Waals surface area contributed by atoms with Gasteiger partial charge in [-0.15, -0.1) is 0 Å². The number of imidazole rings is 1. The maximum Gasteiger partial charge on any atom is 0.109 e. The molecule has 0 spiro atoms. The van der Waals surface area contributed by atoms with Crippen molar-refractivity contribution in [2.24, 2.45) is 12.8 Å². The van der Waals surface area contributed by atoms with Crippen molar-refractivity contribution in [1.82, 2.24) is 19.4 Å². The molecule has 1 aromatic rings. The summed E-state index contributed by atoms with van der Waals surface area (Å²) < 4.78 is 2.10. The van der Waals surface area contributed by atoms with E-state index in [0.29, 0.717) is 0 Å². The lowest BCUT2D eigenvalue weighted by atomic mass is 10.0. The minimum Gasteiger partial charge on any atom is -0.338 e. The highest BCUT2D eigenvalue weighted by molar-refractivity contribution is 4.93. The van der Waals surface area contributed by atoms with Crippen LogP contribution < -0.4 is 5.73 Å². The van der Waals surface area contributed by atoms with E-state index in [1.807, 2.05) is 12.4 Å². The number of aryl methyl sites for hydroxylation is 1. The summed E-state index contributed by atoms with van der Waals surface area (Å²) in [7, 11) is 2.06. The molecule has 2 heterocycles. The van der Waals surface area contributed by atoms with Crippen molar-refractivity contribution in [3.63, 3.8) is 0 Å². The van der Waals surface area contributed by atoms with Gasteiger partial charge in [-0.2, -0.15) is 0 Å². The zero-order valence-electron chi connectivity index (χ0n) is 12.5. The van der Waals surface area contributed by atoms with Crippen LogP contribution in [0.25, 0.3) is 0 Å². The highest BCUT2D eigenvalue weighted by Gasteiger charge is 2.28. The van der Waals surface area contributed by atoms with Crippen molar-refractivity contribution in [2.45, 2.75) is 25.8 Å². The maximum atomic E-state index is 5.84. The zero-order chi connectivity index (χ0) is 13.9. The molecule has 5 nitrogen and oxygen atoms in total. The summed E-state index contributed by atoms with van der Waals surface area (Å²) in [6.07, 6.45) is 4.91. The molecular weight excluding hydrogens is 238 g/mol. The van der Waals surface area contributed by atoms with Crippen LogP contribution in [0.3, 0.4) is 0 Å². The third kappa shape index (κ3) is 3.55. The predicted molar refractivity (Wildman–Crippen MR) is 78.1 cm³/mol. The average molecular weight is 265 g/mol.